The molecule has 2 aliphatic rings. The number of halogens is 2. The second-order valence-corrected chi connectivity index (χ2v) is 9.70. The van der Waals surface area contributed by atoms with Gasteiger partial charge < -0.3 is 16.1 Å². The number of fused-ring (bicyclic) bond motifs is 1. The summed E-state index contributed by atoms with van der Waals surface area (Å²) < 4.78 is 74.0. The van der Waals surface area contributed by atoms with Crippen LogP contribution < -0.4 is 21.6 Å². The lowest BCUT2D eigenvalue weighted by molar-refractivity contribution is 0.260. The molecule has 3 heterocycles. The van der Waals surface area contributed by atoms with Crippen molar-refractivity contribution in [3.8, 4) is 6.07 Å². The van der Waals surface area contributed by atoms with Gasteiger partial charge in [0.2, 0.25) is 5.95 Å². The van der Waals surface area contributed by atoms with Gasteiger partial charge in [-0.2, -0.15) is 9.65 Å². The number of hydrogen-bond acceptors (Lipinski definition) is 8. The fourth-order valence-electron chi connectivity index (χ4n) is 4.42. The Morgan fingerprint density at radius 2 is 2.05 bits per heavy atom. The summed E-state index contributed by atoms with van der Waals surface area (Å²) in [5.74, 6) is -0.726. The highest BCUT2D eigenvalue weighted by Crippen LogP contribution is 2.38. The summed E-state index contributed by atoms with van der Waals surface area (Å²) in [4.78, 5) is 8.06. The summed E-state index contributed by atoms with van der Waals surface area (Å²) in [6.45, 7) is -3.25. The van der Waals surface area contributed by atoms with E-state index in [0.29, 0.717) is 5.70 Å². The van der Waals surface area contributed by atoms with Crippen molar-refractivity contribution in [2.24, 2.45) is 0 Å². The zero-order chi connectivity index (χ0) is 33.8. The Kier molecular flexibility index (Phi) is 5.18. The number of nitrogens with one attached hydrogen (secondary N) is 4. The first-order chi connectivity index (χ1) is 22.2. The van der Waals surface area contributed by atoms with E-state index < -0.39 is 31.2 Å². The van der Waals surface area contributed by atoms with Gasteiger partial charge in [0.1, 0.15) is 6.07 Å². The van der Waals surface area contributed by atoms with Crippen molar-refractivity contribution >= 4 is 33.9 Å². The summed E-state index contributed by atoms with van der Waals surface area (Å²) in [6, 6.07) is 11.0. The first kappa shape index (κ1) is 18.8. The van der Waals surface area contributed by atoms with Gasteiger partial charge in [-0.3, -0.25) is 9.99 Å². The zero-order valence-electron chi connectivity index (χ0n) is 28.0. The predicted octanol–water partition coefficient (Wildman–Crippen LogP) is 6.34. The van der Waals surface area contributed by atoms with E-state index in [1.165, 1.54) is 42.7 Å². The molecule has 0 unspecified atom stereocenters. The van der Waals surface area contributed by atoms with E-state index in [1.807, 2.05) is 11.1 Å². The van der Waals surface area contributed by atoms with Gasteiger partial charge in [-0.05, 0) is 48.5 Å². The van der Waals surface area contributed by atoms with Crippen LogP contribution >= 0.6 is 11.6 Å². The Balaban J connectivity index is 1.51. The third kappa shape index (κ3) is 5.24. The number of hydrogen-bond donors (Lipinski definition) is 4. The molecule has 8 nitrogen and oxygen atoms in total. The molecule has 0 amide bonds. The predicted molar refractivity (Wildman–Crippen MR) is 154 cm³/mol. The van der Waals surface area contributed by atoms with E-state index in [1.54, 1.807) is 24.4 Å². The Bertz CT molecular complexity index is 1900. The molecule has 0 spiro atoms. The molecular weight excluding hydrogens is 527 g/mol. The van der Waals surface area contributed by atoms with Gasteiger partial charge in [0.05, 0.1) is 42.3 Å². The second-order valence-electron chi connectivity index (χ2n) is 9.29. The first-order valence-corrected chi connectivity index (χ1v) is 12.8. The Morgan fingerprint density at radius 3 is 2.77 bits per heavy atom. The number of nitriles is 1. The van der Waals surface area contributed by atoms with Crippen molar-refractivity contribution in [2.45, 2.75) is 44.1 Å². The van der Waals surface area contributed by atoms with Crippen LogP contribution in [0.5, 0.6) is 0 Å². The number of nitrogens with zero attached hydrogens (tertiary/aromatic N) is 4. The van der Waals surface area contributed by atoms with Crippen LogP contribution in [-0.2, 0) is 0 Å². The minimum Gasteiger partial charge on any atom is -0.377 e. The van der Waals surface area contributed by atoms with Crippen LogP contribution in [0.2, 0.25) is 5.02 Å². The quantitative estimate of drug-likeness (QED) is 0.176. The topological polar surface area (TPSA) is 101 Å². The van der Waals surface area contributed by atoms with Crippen LogP contribution in [0.1, 0.15) is 64.4 Å². The number of rotatable bonds is 9. The molecule has 2 atom stereocenters. The highest BCUT2D eigenvalue weighted by molar-refractivity contribution is 6.35. The molecule has 1 aliphatic heterocycles. The van der Waals surface area contributed by atoms with Crippen molar-refractivity contribution in [1.82, 2.24) is 25.9 Å². The van der Waals surface area contributed by atoms with E-state index in [4.69, 9.17) is 18.5 Å². The fourth-order valence-corrected chi connectivity index (χ4v) is 4.69. The summed E-state index contributed by atoms with van der Waals surface area (Å²) in [5.41, 5.74) is 6.87. The van der Waals surface area contributed by atoms with Crippen LogP contribution in [0.15, 0.2) is 78.9 Å². The Hall–Kier alpha value is -4.39. The lowest BCUT2D eigenvalue weighted by atomic mass is 10.0. The van der Waals surface area contributed by atoms with Crippen LogP contribution in [0, 0.1) is 17.3 Å². The first-order valence-electron chi connectivity index (χ1n) is 16.0. The fraction of sp³-hybridized carbons (Fsp3) is 0.233. The van der Waals surface area contributed by atoms with Crippen molar-refractivity contribution in [3.05, 3.63) is 107 Å². The molecule has 0 bridgehead atoms. The lowest BCUT2D eigenvalue weighted by Crippen LogP contribution is -2.38. The van der Waals surface area contributed by atoms with Crippen LogP contribution in [0.3, 0.4) is 0 Å². The number of anilines is 2. The van der Waals surface area contributed by atoms with Gasteiger partial charge >= 0.3 is 0 Å². The molecule has 0 radical (unpaired) electrons. The molecule has 40 heavy (non-hydrogen) atoms. The monoisotopic (exact) mass is 561 g/mol. The lowest BCUT2D eigenvalue weighted by Gasteiger charge is -2.23. The standard InChI is InChI=1S/C30H28ClFN8/c1-2-25(18-6-4-3-5-7-18)37-28-20(14-33)16-35-30-23(28)12-21(13-24(30)31)36-29(19-8-11-27(32)34-15-19)26-17-40(39-38-26)22-9-10-22/h3-8,11-13,15-17,22,25,29,36,38-39H,2,9-10H2,1H3,(H,35,37)/t25-,29-/m1/s1/i1D3,2D2,25D,29D. The number of aromatic nitrogens is 2. The summed E-state index contributed by atoms with van der Waals surface area (Å²) in [7, 11) is 0. The third-order valence-electron chi connectivity index (χ3n) is 6.57. The molecule has 4 N–H and O–H groups in total. The number of hydrazine groups is 2. The summed E-state index contributed by atoms with van der Waals surface area (Å²) in [6.07, 6.45) is 2.94. The molecule has 1 fully saturated rings. The van der Waals surface area contributed by atoms with Gasteiger partial charge in [-0.1, -0.05) is 54.9 Å². The molecule has 6 rings (SSSR count). The maximum Gasteiger partial charge on any atom is 0.212 e. The highest BCUT2D eigenvalue weighted by atomic mass is 35.5. The molecular formula is C30H28ClFN8. The van der Waals surface area contributed by atoms with Gasteiger partial charge in [-0.25, -0.2) is 4.98 Å². The van der Waals surface area contributed by atoms with Crippen LogP contribution in [0.25, 0.3) is 10.9 Å². The number of benzene rings is 2. The summed E-state index contributed by atoms with van der Waals surface area (Å²) >= 11 is 6.71. The molecule has 4 aromatic rings. The Morgan fingerprint density at radius 1 is 1.20 bits per heavy atom. The van der Waals surface area contributed by atoms with Crippen LogP contribution in [0.4, 0.5) is 15.8 Å². The van der Waals surface area contributed by atoms with E-state index in [-0.39, 0.29) is 50.0 Å². The van der Waals surface area contributed by atoms with E-state index in [2.05, 4.69) is 31.6 Å². The molecule has 1 aliphatic carbocycles. The van der Waals surface area contributed by atoms with Crippen molar-refractivity contribution < 1.29 is 14.0 Å². The van der Waals surface area contributed by atoms with Crippen molar-refractivity contribution in [3.63, 3.8) is 0 Å². The Labute approximate surface area is 246 Å². The molecule has 1 saturated carbocycles. The molecule has 10 heteroatoms. The van der Waals surface area contributed by atoms with E-state index >= 15 is 0 Å². The molecule has 2 aromatic carbocycles. The largest absolute Gasteiger partial charge is 0.377 e. The SMILES string of the molecule is [2H]C([2H])([2H])C([2H])([2H])[C@@]([2H])(Nc1c(C#N)cnc2c(Cl)cc(N[C@@]([2H])(C3=CN(C4CC4)NN3)c3ccc(F)nc3)cc12)c1ccccc1. The molecule has 202 valence electrons. The maximum atomic E-state index is 13.8. The highest BCUT2D eigenvalue weighted by Gasteiger charge is 2.32. The van der Waals surface area contributed by atoms with Crippen molar-refractivity contribution in [1.29, 1.82) is 5.26 Å². The van der Waals surface area contributed by atoms with Crippen LogP contribution in [-0.4, -0.2) is 21.0 Å². The van der Waals surface area contributed by atoms with E-state index in [9.17, 15) is 12.4 Å². The third-order valence-corrected chi connectivity index (χ3v) is 6.85. The minimum atomic E-state index is -3.25. The summed E-state index contributed by atoms with van der Waals surface area (Å²) in [5, 5.41) is 18.0. The average Bonchev–Trinajstić information content (AvgIpc) is 3.76. The van der Waals surface area contributed by atoms with Gasteiger partial charge in [-0.15, -0.1) is 5.53 Å². The van der Waals surface area contributed by atoms with Gasteiger partial charge in [0, 0.05) is 42.6 Å². The van der Waals surface area contributed by atoms with Gasteiger partial charge in [0.25, 0.3) is 0 Å². The minimum absolute atomic E-state index is 0.00343. The molecule has 2 aromatic heterocycles. The second kappa shape index (κ2) is 11.0. The van der Waals surface area contributed by atoms with Crippen molar-refractivity contribution in [2.75, 3.05) is 10.6 Å². The maximum absolute atomic E-state index is 13.8. The van der Waals surface area contributed by atoms with E-state index in [0.717, 1.165) is 18.9 Å². The normalized spacial score (nSPS) is 21.0. The smallest absolute Gasteiger partial charge is 0.212 e. The molecule has 0 saturated heterocycles. The van der Waals surface area contributed by atoms with Gasteiger partial charge in [0.15, 0.2) is 0 Å². The number of pyridine rings is 2. The zero-order valence-corrected chi connectivity index (χ0v) is 21.7. The average molecular weight is 562 g/mol.